The average molecular weight is 205 g/mol. The average Bonchev–Trinajstić information content (AvgIpc) is 2.26. The van der Waals surface area contributed by atoms with Gasteiger partial charge in [0.15, 0.2) is 5.82 Å². The molecule has 80 valence electrons. The molecule has 4 nitrogen and oxygen atoms in total. The first-order valence-corrected chi connectivity index (χ1v) is 5.02. The molecule has 15 heavy (non-hydrogen) atoms. The van der Waals surface area contributed by atoms with Gasteiger partial charge in [-0.3, -0.25) is 4.79 Å². The summed E-state index contributed by atoms with van der Waals surface area (Å²) < 4.78 is 1.61. The Kier molecular flexibility index (Phi) is 4.42. The number of anilines is 1. The monoisotopic (exact) mass is 205 g/mol. The van der Waals surface area contributed by atoms with E-state index < -0.39 is 0 Å². The van der Waals surface area contributed by atoms with Crippen LogP contribution in [0.2, 0.25) is 0 Å². The normalized spacial score (nSPS) is 9.60. The third-order valence-corrected chi connectivity index (χ3v) is 2.04. The zero-order valence-corrected chi connectivity index (χ0v) is 8.86. The van der Waals surface area contributed by atoms with Gasteiger partial charge in [-0.1, -0.05) is 0 Å². The summed E-state index contributed by atoms with van der Waals surface area (Å²) in [5.41, 5.74) is -0.0827. The van der Waals surface area contributed by atoms with Crippen LogP contribution in [0.3, 0.4) is 0 Å². The molecule has 0 unspecified atom stereocenters. The highest BCUT2D eigenvalue weighted by molar-refractivity contribution is 5.30. The van der Waals surface area contributed by atoms with Crippen molar-refractivity contribution in [1.82, 2.24) is 9.55 Å². The van der Waals surface area contributed by atoms with E-state index in [1.165, 1.54) is 0 Å². The van der Waals surface area contributed by atoms with Crippen LogP contribution in [-0.2, 0) is 6.54 Å². The fraction of sp³-hybridized carbons (Fsp3) is 0.455. The topological polar surface area (TPSA) is 46.9 Å². The van der Waals surface area contributed by atoms with E-state index >= 15 is 0 Å². The Labute approximate surface area is 89.3 Å². The lowest BCUT2D eigenvalue weighted by Gasteiger charge is -2.06. The smallest absolute Gasteiger partial charge is 0.293 e. The minimum absolute atomic E-state index is 0.0827. The molecule has 0 spiro atoms. The molecule has 0 aliphatic carbocycles. The number of terminal acetylenes is 1. The lowest BCUT2D eigenvalue weighted by atomic mass is 10.3. The molecule has 1 heterocycles. The fourth-order valence-corrected chi connectivity index (χ4v) is 1.21. The van der Waals surface area contributed by atoms with Gasteiger partial charge in [0.25, 0.3) is 5.56 Å². The Balaban J connectivity index is 2.62. The number of unbranched alkanes of at least 4 members (excludes halogenated alkanes) is 1. The summed E-state index contributed by atoms with van der Waals surface area (Å²) >= 11 is 0. The minimum atomic E-state index is -0.0827. The van der Waals surface area contributed by atoms with E-state index in [0.29, 0.717) is 25.3 Å². The quantitative estimate of drug-likeness (QED) is 0.578. The van der Waals surface area contributed by atoms with Crippen LogP contribution < -0.4 is 10.9 Å². The molecule has 1 N–H and O–H groups in total. The first kappa shape index (κ1) is 11.3. The van der Waals surface area contributed by atoms with Gasteiger partial charge in [-0.15, -0.1) is 12.3 Å². The third kappa shape index (κ3) is 3.13. The van der Waals surface area contributed by atoms with Gasteiger partial charge >= 0.3 is 0 Å². The zero-order chi connectivity index (χ0) is 11.1. The van der Waals surface area contributed by atoms with Crippen LogP contribution in [0.1, 0.15) is 19.8 Å². The SMILES string of the molecule is C#CCCCNc1nccn(CC)c1=O. The van der Waals surface area contributed by atoms with Crippen LogP contribution in [0.25, 0.3) is 0 Å². The maximum Gasteiger partial charge on any atom is 0.293 e. The van der Waals surface area contributed by atoms with E-state index in [1.807, 2.05) is 6.92 Å². The Morgan fingerprint density at radius 2 is 2.47 bits per heavy atom. The predicted molar refractivity (Wildman–Crippen MR) is 60.7 cm³/mol. The minimum Gasteiger partial charge on any atom is -0.365 e. The summed E-state index contributed by atoms with van der Waals surface area (Å²) in [6.07, 6.45) is 9.98. The first-order valence-electron chi connectivity index (χ1n) is 5.02. The maximum atomic E-state index is 11.7. The van der Waals surface area contributed by atoms with E-state index in [0.717, 1.165) is 6.42 Å². The number of rotatable bonds is 5. The van der Waals surface area contributed by atoms with E-state index in [1.54, 1.807) is 17.0 Å². The van der Waals surface area contributed by atoms with Gasteiger partial charge in [-0.05, 0) is 13.3 Å². The van der Waals surface area contributed by atoms with Crippen LogP contribution in [-0.4, -0.2) is 16.1 Å². The fourth-order valence-electron chi connectivity index (χ4n) is 1.21. The Morgan fingerprint density at radius 1 is 1.67 bits per heavy atom. The number of aromatic nitrogens is 2. The second-order valence-electron chi connectivity index (χ2n) is 3.10. The summed E-state index contributed by atoms with van der Waals surface area (Å²) in [5.74, 6) is 2.95. The number of nitrogens with one attached hydrogen (secondary N) is 1. The molecule has 1 rings (SSSR count). The molecule has 0 bridgehead atoms. The van der Waals surface area contributed by atoms with Crippen LogP contribution in [0.5, 0.6) is 0 Å². The molecular formula is C11H15N3O. The molecule has 0 radical (unpaired) electrons. The molecule has 0 atom stereocenters. The lowest BCUT2D eigenvalue weighted by Crippen LogP contribution is -2.24. The van der Waals surface area contributed by atoms with E-state index in [-0.39, 0.29) is 5.56 Å². The molecule has 0 fully saturated rings. The van der Waals surface area contributed by atoms with Crippen LogP contribution in [0, 0.1) is 12.3 Å². The van der Waals surface area contributed by atoms with Gasteiger partial charge < -0.3 is 9.88 Å². The molecule has 0 amide bonds. The third-order valence-electron chi connectivity index (χ3n) is 2.04. The number of nitrogens with zero attached hydrogens (tertiary/aromatic N) is 2. The van der Waals surface area contributed by atoms with Crippen molar-refractivity contribution in [2.75, 3.05) is 11.9 Å². The summed E-state index contributed by atoms with van der Waals surface area (Å²) in [5, 5.41) is 2.98. The predicted octanol–water partition coefficient (Wildman–Crippen LogP) is 1.09. The zero-order valence-electron chi connectivity index (χ0n) is 8.86. The van der Waals surface area contributed by atoms with Crippen molar-refractivity contribution >= 4 is 5.82 Å². The molecule has 1 aromatic rings. The molecule has 0 saturated heterocycles. The lowest BCUT2D eigenvalue weighted by molar-refractivity contribution is 0.717. The van der Waals surface area contributed by atoms with Gasteiger partial charge in [0.2, 0.25) is 0 Å². The Bertz CT molecular complexity index is 403. The number of aryl methyl sites for hydroxylation is 1. The van der Waals surface area contributed by atoms with Gasteiger partial charge in [0, 0.05) is 31.9 Å². The highest BCUT2D eigenvalue weighted by Gasteiger charge is 2.01. The number of hydrogen-bond donors (Lipinski definition) is 1. The van der Waals surface area contributed by atoms with E-state index in [9.17, 15) is 4.79 Å². The van der Waals surface area contributed by atoms with Crippen molar-refractivity contribution in [3.63, 3.8) is 0 Å². The van der Waals surface area contributed by atoms with Crippen molar-refractivity contribution in [3.05, 3.63) is 22.7 Å². The number of hydrogen-bond acceptors (Lipinski definition) is 3. The van der Waals surface area contributed by atoms with Crippen LogP contribution in [0.15, 0.2) is 17.2 Å². The molecule has 0 aliphatic rings. The van der Waals surface area contributed by atoms with Gasteiger partial charge in [0.05, 0.1) is 0 Å². The van der Waals surface area contributed by atoms with Gasteiger partial charge in [-0.25, -0.2) is 4.98 Å². The molecule has 4 heteroatoms. The second-order valence-corrected chi connectivity index (χ2v) is 3.10. The first-order chi connectivity index (χ1) is 7.29. The van der Waals surface area contributed by atoms with Crippen molar-refractivity contribution < 1.29 is 0 Å². The Morgan fingerprint density at radius 3 is 3.13 bits per heavy atom. The van der Waals surface area contributed by atoms with Gasteiger partial charge in [0.1, 0.15) is 0 Å². The molecule has 0 aliphatic heterocycles. The second kappa shape index (κ2) is 5.86. The van der Waals surface area contributed by atoms with Crippen molar-refractivity contribution in [3.8, 4) is 12.3 Å². The van der Waals surface area contributed by atoms with Crippen LogP contribution >= 0.6 is 0 Å². The molecule has 0 aromatic carbocycles. The molecule has 1 aromatic heterocycles. The van der Waals surface area contributed by atoms with E-state index in [2.05, 4.69) is 16.2 Å². The highest BCUT2D eigenvalue weighted by Crippen LogP contribution is 1.94. The summed E-state index contributed by atoms with van der Waals surface area (Å²) in [6, 6.07) is 0. The van der Waals surface area contributed by atoms with Crippen molar-refractivity contribution in [1.29, 1.82) is 0 Å². The standard InChI is InChI=1S/C11H15N3O/c1-3-5-6-7-12-10-11(15)14(4-2)9-8-13-10/h1,8-9H,4-7H2,2H3,(H,12,13). The van der Waals surface area contributed by atoms with Gasteiger partial charge in [-0.2, -0.15) is 0 Å². The maximum absolute atomic E-state index is 11.7. The largest absolute Gasteiger partial charge is 0.365 e. The summed E-state index contributed by atoms with van der Waals surface area (Å²) in [7, 11) is 0. The summed E-state index contributed by atoms with van der Waals surface area (Å²) in [6.45, 7) is 3.25. The van der Waals surface area contributed by atoms with Crippen molar-refractivity contribution in [2.24, 2.45) is 0 Å². The van der Waals surface area contributed by atoms with E-state index in [4.69, 9.17) is 6.42 Å². The molecule has 0 saturated carbocycles. The molecular weight excluding hydrogens is 190 g/mol. The highest BCUT2D eigenvalue weighted by atomic mass is 16.1. The van der Waals surface area contributed by atoms with Crippen LogP contribution in [0.4, 0.5) is 5.82 Å². The summed E-state index contributed by atoms with van der Waals surface area (Å²) in [4.78, 5) is 15.6. The Hall–Kier alpha value is -1.76. The van der Waals surface area contributed by atoms with Crippen molar-refractivity contribution in [2.45, 2.75) is 26.3 Å².